The lowest BCUT2D eigenvalue weighted by Gasteiger charge is -2.27. The Labute approximate surface area is 123 Å². The van der Waals surface area contributed by atoms with Crippen LogP contribution in [0.5, 0.6) is 0 Å². The number of H-pyrrole nitrogens is 1. The van der Waals surface area contributed by atoms with Crippen LogP contribution in [0.15, 0.2) is 30.5 Å². The Bertz CT molecular complexity index is 671. The van der Waals surface area contributed by atoms with Gasteiger partial charge in [-0.05, 0) is 36.4 Å². The summed E-state index contributed by atoms with van der Waals surface area (Å²) in [5, 5.41) is 1.06. The Morgan fingerprint density at radius 1 is 1.24 bits per heavy atom. The molecular weight excluding hydrogens is 266 g/mol. The van der Waals surface area contributed by atoms with Crippen LogP contribution in [0.25, 0.3) is 10.9 Å². The fourth-order valence-corrected chi connectivity index (χ4v) is 3.10. The van der Waals surface area contributed by atoms with E-state index in [9.17, 15) is 9.59 Å². The van der Waals surface area contributed by atoms with Gasteiger partial charge in [-0.15, -0.1) is 0 Å². The van der Waals surface area contributed by atoms with E-state index in [4.69, 9.17) is 5.73 Å². The molecule has 1 heterocycles. The third-order valence-electron chi connectivity index (χ3n) is 4.15. The Balaban J connectivity index is 1.89. The topological polar surface area (TPSA) is 79.2 Å². The first-order chi connectivity index (χ1) is 10.1. The average molecular weight is 285 g/mol. The zero-order valence-electron chi connectivity index (χ0n) is 11.8. The largest absolute Gasteiger partial charge is 0.368 e. The highest BCUT2D eigenvalue weighted by atomic mass is 16.2. The van der Waals surface area contributed by atoms with E-state index in [0.717, 1.165) is 36.6 Å². The van der Waals surface area contributed by atoms with Gasteiger partial charge in [0.05, 0.1) is 6.54 Å². The van der Waals surface area contributed by atoms with E-state index in [-0.39, 0.29) is 18.5 Å². The van der Waals surface area contributed by atoms with Crippen LogP contribution in [0, 0.1) is 0 Å². The molecule has 0 aliphatic heterocycles. The van der Waals surface area contributed by atoms with E-state index >= 15 is 0 Å². The maximum Gasteiger partial charge on any atom is 0.254 e. The summed E-state index contributed by atoms with van der Waals surface area (Å²) in [6.45, 7) is -0.00768. The Morgan fingerprint density at radius 3 is 2.71 bits per heavy atom. The van der Waals surface area contributed by atoms with Crippen molar-refractivity contribution >= 4 is 22.7 Å². The number of primary amides is 1. The fraction of sp³-hybridized carbons (Fsp3) is 0.375. The molecule has 1 aromatic carbocycles. The third kappa shape index (κ3) is 2.77. The minimum absolute atomic E-state index is 0.00768. The predicted octanol–water partition coefficient (Wildman–Crippen LogP) is 2.04. The molecule has 0 bridgehead atoms. The second-order valence-electron chi connectivity index (χ2n) is 5.62. The second-order valence-corrected chi connectivity index (χ2v) is 5.62. The molecule has 5 heteroatoms. The molecule has 0 spiro atoms. The summed E-state index contributed by atoms with van der Waals surface area (Å²) in [7, 11) is 0. The number of hydrogen-bond donors (Lipinski definition) is 2. The lowest BCUT2D eigenvalue weighted by atomic mass is 10.1. The van der Waals surface area contributed by atoms with Crippen LogP contribution in [-0.4, -0.2) is 34.3 Å². The monoisotopic (exact) mass is 285 g/mol. The van der Waals surface area contributed by atoms with Crippen LogP contribution in [0.4, 0.5) is 0 Å². The van der Waals surface area contributed by atoms with Crippen LogP contribution < -0.4 is 5.73 Å². The highest BCUT2D eigenvalue weighted by molar-refractivity contribution is 5.99. The minimum atomic E-state index is -0.462. The summed E-state index contributed by atoms with van der Waals surface area (Å²) in [5.41, 5.74) is 6.83. The molecule has 1 aliphatic rings. The maximum absolute atomic E-state index is 12.7. The summed E-state index contributed by atoms with van der Waals surface area (Å²) in [6, 6.07) is 7.64. The number of nitrogens with two attached hydrogens (primary N) is 1. The summed E-state index contributed by atoms with van der Waals surface area (Å²) in [6.07, 6.45) is 5.94. The first-order valence-corrected chi connectivity index (χ1v) is 7.31. The van der Waals surface area contributed by atoms with Crippen molar-refractivity contribution in [2.75, 3.05) is 6.54 Å². The lowest BCUT2D eigenvalue weighted by Crippen LogP contribution is -2.44. The van der Waals surface area contributed by atoms with Crippen molar-refractivity contribution in [3.8, 4) is 0 Å². The number of fused-ring (bicyclic) bond motifs is 1. The fourth-order valence-electron chi connectivity index (χ4n) is 3.10. The molecule has 0 radical (unpaired) electrons. The van der Waals surface area contributed by atoms with Gasteiger partial charge >= 0.3 is 0 Å². The number of rotatable bonds is 4. The van der Waals surface area contributed by atoms with Gasteiger partial charge in [-0.1, -0.05) is 18.9 Å². The van der Waals surface area contributed by atoms with E-state index in [1.165, 1.54) is 0 Å². The molecule has 1 fully saturated rings. The first-order valence-electron chi connectivity index (χ1n) is 7.31. The molecule has 0 saturated heterocycles. The number of benzene rings is 1. The molecule has 3 rings (SSSR count). The average Bonchev–Trinajstić information content (AvgIpc) is 3.13. The van der Waals surface area contributed by atoms with Crippen LogP contribution in [0.1, 0.15) is 36.0 Å². The molecule has 110 valence electrons. The first kappa shape index (κ1) is 13.7. The standard InChI is InChI=1S/C16H19N3O2/c17-15(20)10-19(13-3-1-2-4-13)16(21)12-6-5-11-7-8-18-14(11)9-12/h5-9,13,18H,1-4,10H2,(H2,17,20). The summed E-state index contributed by atoms with van der Waals surface area (Å²) >= 11 is 0. The van der Waals surface area contributed by atoms with Crippen molar-refractivity contribution in [1.82, 2.24) is 9.88 Å². The zero-order chi connectivity index (χ0) is 14.8. The molecule has 1 aliphatic carbocycles. The molecule has 0 atom stereocenters. The number of aromatic amines is 1. The number of aromatic nitrogens is 1. The number of amides is 2. The Morgan fingerprint density at radius 2 is 2.00 bits per heavy atom. The van der Waals surface area contributed by atoms with Crippen molar-refractivity contribution in [2.24, 2.45) is 5.73 Å². The third-order valence-corrected chi connectivity index (χ3v) is 4.15. The number of nitrogens with zero attached hydrogens (tertiary/aromatic N) is 1. The van der Waals surface area contributed by atoms with Gasteiger partial charge in [0.15, 0.2) is 0 Å². The molecule has 2 amide bonds. The van der Waals surface area contributed by atoms with Gasteiger partial charge in [0, 0.05) is 23.3 Å². The van der Waals surface area contributed by atoms with Crippen molar-refractivity contribution in [1.29, 1.82) is 0 Å². The highest BCUT2D eigenvalue weighted by Crippen LogP contribution is 2.25. The van der Waals surface area contributed by atoms with Gasteiger partial charge in [-0.3, -0.25) is 9.59 Å². The minimum Gasteiger partial charge on any atom is -0.368 e. The molecule has 21 heavy (non-hydrogen) atoms. The van der Waals surface area contributed by atoms with E-state index < -0.39 is 5.91 Å². The van der Waals surface area contributed by atoms with Crippen molar-refractivity contribution in [3.63, 3.8) is 0 Å². The molecule has 2 aromatic rings. The molecule has 3 N–H and O–H groups in total. The van der Waals surface area contributed by atoms with Crippen LogP contribution >= 0.6 is 0 Å². The number of carbonyl (C=O) groups is 2. The van der Waals surface area contributed by atoms with Gasteiger partial charge in [0.1, 0.15) is 0 Å². The highest BCUT2D eigenvalue weighted by Gasteiger charge is 2.28. The maximum atomic E-state index is 12.7. The summed E-state index contributed by atoms with van der Waals surface area (Å²) < 4.78 is 0. The van der Waals surface area contributed by atoms with Gasteiger partial charge in [-0.2, -0.15) is 0 Å². The number of hydrogen-bond acceptors (Lipinski definition) is 2. The molecule has 1 saturated carbocycles. The SMILES string of the molecule is NC(=O)CN(C(=O)c1ccc2cc[nH]c2c1)C1CCCC1. The summed E-state index contributed by atoms with van der Waals surface area (Å²) in [5.74, 6) is -0.576. The molecular formula is C16H19N3O2. The molecule has 5 nitrogen and oxygen atoms in total. The zero-order valence-corrected chi connectivity index (χ0v) is 11.8. The van der Waals surface area contributed by atoms with Crippen molar-refractivity contribution < 1.29 is 9.59 Å². The van der Waals surface area contributed by atoms with E-state index in [0.29, 0.717) is 5.56 Å². The Hall–Kier alpha value is -2.30. The van der Waals surface area contributed by atoms with E-state index in [1.807, 2.05) is 24.4 Å². The summed E-state index contributed by atoms with van der Waals surface area (Å²) in [4.78, 5) is 28.8. The van der Waals surface area contributed by atoms with Crippen molar-refractivity contribution in [3.05, 3.63) is 36.0 Å². The van der Waals surface area contributed by atoms with Gasteiger partial charge in [0.2, 0.25) is 5.91 Å². The smallest absolute Gasteiger partial charge is 0.254 e. The quantitative estimate of drug-likeness (QED) is 0.901. The van der Waals surface area contributed by atoms with Crippen molar-refractivity contribution in [2.45, 2.75) is 31.7 Å². The lowest BCUT2D eigenvalue weighted by molar-refractivity contribution is -0.119. The number of nitrogens with one attached hydrogen (secondary N) is 1. The van der Waals surface area contributed by atoms with Crippen LogP contribution in [0.3, 0.4) is 0 Å². The van der Waals surface area contributed by atoms with E-state index in [1.54, 1.807) is 11.0 Å². The van der Waals surface area contributed by atoms with Gasteiger partial charge < -0.3 is 15.6 Å². The van der Waals surface area contributed by atoms with Gasteiger partial charge in [-0.25, -0.2) is 0 Å². The van der Waals surface area contributed by atoms with E-state index in [2.05, 4.69) is 4.98 Å². The predicted molar refractivity (Wildman–Crippen MR) is 80.8 cm³/mol. The Kier molecular flexibility index (Phi) is 3.64. The van der Waals surface area contributed by atoms with Gasteiger partial charge in [0.25, 0.3) is 5.91 Å². The normalized spacial score (nSPS) is 15.4. The molecule has 1 aromatic heterocycles. The van der Waals surface area contributed by atoms with Crippen LogP contribution in [-0.2, 0) is 4.79 Å². The second kappa shape index (κ2) is 5.60. The number of carbonyl (C=O) groups excluding carboxylic acids is 2. The molecule has 0 unspecified atom stereocenters. The van der Waals surface area contributed by atoms with Crippen LogP contribution in [0.2, 0.25) is 0 Å².